The summed E-state index contributed by atoms with van der Waals surface area (Å²) in [5.74, 6) is -1.94. The van der Waals surface area contributed by atoms with E-state index in [0.717, 1.165) is 11.1 Å². The minimum absolute atomic E-state index is 0.114. The molecule has 1 N–H and O–H groups in total. The lowest BCUT2D eigenvalue weighted by molar-refractivity contribution is -0.165. The van der Waals surface area contributed by atoms with E-state index in [-0.39, 0.29) is 12.7 Å². The lowest BCUT2D eigenvalue weighted by Crippen LogP contribution is -2.29. The van der Waals surface area contributed by atoms with Crippen molar-refractivity contribution >= 4 is 11.9 Å². The zero-order valence-corrected chi connectivity index (χ0v) is 15.0. The molecule has 0 fully saturated rings. The van der Waals surface area contributed by atoms with Crippen LogP contribution >= 0.6 is 0 Å². The molecule has 5 nitrogen and oxygen atoms in total. The van der Waals surface area contributed by atoms with Gasteiger partial charge in [0, 0.05) is 0 Å². The Hall–Kier alpha value is -1.88. The standard InChI is InChI=1S/C19H28O5/c1-5-6-17(19(22)24-13(2)3)18(21)23-12-16-9-7-15(8-10-16)11-14(4)20/h7-10,13-14,17,20H,5-6,11-12H2,1-4H3. The number of hydrogen-bond acceptors (Lipinski definition) is 5. The van der Waals surface area contributed by atoms with Crippen molar-refractivity contribution in [3.05, 3.63) is 35.4 Å². The minimum Gasteiger partial charge on any atom is -0.462 e. The summed E-state index contributed by atoms with van der Waals surface area (Å²) < 4.78 is 10.4. The molecule has 1 aromatic rings. The highest BCUT2D eigenvalue weighted by Gasteiger charge is 2.29. The van der Waals surface area contributed by atoms with Gasteiger partial charge in [-0.1, -0.05) is 37.6 Å². The van der Waals surface area contributed by atoms with Crippen molar-refractivity contribution in [2.75, 3.05) is 0 Å². The first kappa shape index (κ1) is 20.2. The first-order valence-corrected chi connectivity index (χ1v) is 8.46. The molecule has 0 saturated heterocycles. The molecule has 0 radical (unpaired) electrons. The topological polar surface area (TPSA) is 72.8 Å². The molecule has 24 heavy (non-hydrogen) atoms. The van der Waals surface area contributed by atoms with Crippen molar-refractivity contribution in [3.63, 3.8) is 0 Å². The molecule has 0 saturated carbocycles. The number of carbonyl (C=O) groups excluding carboxylic acids is 2. The summed E-state index contributed by atoms with van der Waals surface area (Å²) in [4.78, 5) is 24.2. The molecule has 0 aliphatic carbocycles. The summed E-state index contributed by atoms with van der Waals surface area (Å²) >= 11 is 0. The van der Waals surface area contributed by atoms with Crippen LogP contribution in [-0.4, -0.2) is 29.3 Å². The highest BCUT2D eigenvalue weighted by Crippen LogP contribution is 2.14. The lowest BCUT2D eigenvalue weighted by atomic mass is 10.0. The van der Waals surface area contributed by atoms with Gasteiger partial charge in [0.05, 0.1) is 12.2 Å². The smallest absolute Gasteiger partial charge is 0.320 e. The molecule has 1 aromatic carbocycles. The third kappa shape index (κ3) is 7.13. The average molecular weight is 336 g/mol. The van der Waals surface area contributed by atoms with E-state index in [1.54, 1.807) is 20.8 Å². The van der Waals surface area contributed by atoms with Crippen molar-refractivity contribution in [1.82, 2.24) is 0 Å². The molecule has 2 atom stereocenters. The monoisotopic (exact) mass is 336 g/mol. The van der Waals surface area contributed by atoms with E-state index in [4.69, 9.17) is 9.47 Å². The lowest BCUT2D eigenvalue weighted by Gasteiger charge is -2.16. The summed E-state index contributed by atoms with van der Waals surface area (Å²) in [7, 11) is 0. The Labute approximate surface area is 144 Å². The van der Waals surface area contributed by atoms with Crippen LogP contribution in [0.5, 0.6) is 0 Å². The van der Waals surface area contributed by atoms with Crippen molar-refractivity contribution in [1.29, 1.82) is 0 Å². The third-order valence-corrected chi connectivity index (χ3v) is 3.43. The molecule has 0 aliphatic heterocycles. The van der Waals surface area contributed by atoms with Gasteiger partial charge in [-0.2, -0.15) is 0 Å². The molecule has 0 bridgehead atoms. The number of benzene rings is 1. The van der Waals surface area contributed by atoms with Gasteiger partial charge in [-0.25, -0.2) is 0 Å². The van der Waals surface area contributed by atoms with E-state index >= 15 is 0 Å². The second kappa shape index (κ2) is 10.1. The van der Waals surface area contributed by atoms with Gasteiger partial charge < -0.3 is 14.6 Å². The van der Waals surface area contributed by atoms with Gasteiger partial charge in [0.2, 0.25) is 0 Å². The number of rotatable bonds is 9. The van der Waals surface area contributed by atoms with Gasteiger partial charge in [-0.15, -0.1) is 0 Å². The number of ether oxygens (including phenoxy) is 2. The number of carbonyl (C=O) groups is 2. The highest BCUT2D eigenvalue weighted by molar-refractivity contribution is 5.94. The van der Waals surface area contributed by atoms with Crippen molar-refractivity contribution in [2.45, 2.75) is 65.8 Å². The first-order valence-electron chi connectivity index (χ1n) is 8.46. The largest absolute Gasteiger partial charge is 0.462 e. The maximum atomic E-state index is 12.2. The molecule has 0 amide bonds. The number of hydrogen-bond donors (Lipinski definition) is 1. The summed E-state index contributed by atoms with van der Waals surface area (Å²) in [5, 5.41) is 9.36. The van der Waals surface area contributed by atoms with Crippen molar-refractivity contribution in [2.24, 2.45) is 5.92 Å². The van der Waals surface area contributed by atoms with Crippen LogP contribution in [0.4, 0.5) is 0 Å². The molecule has 0 aromatic heterocycles. The fourth-order valence-corrected chi connectivity index (χ4v) is 2.30. The van der Waals surface area contributed by atoms with E-state index in [1.807, 2.05) is 31.2 Å². The maximum absolute atomic E-state index is 12.2. The Morgan fingerprint density at radius 1 is 1.04 bits per heavy atom. The Kier molecular flexibility index (Phi) is 8.47. The summed E-state index contributed by atoms with van der Waals surface area (Å²) in [6.07, 6.45) is 1.04. The van der Waals surface area contributed by atoms with Crippen LogP contribution < -0.4 is 0 Å². The van der Waals surface area contributed by atoms with E-state index in [0.29, 0.717) is 19.3 Å². The maximum Gasteiger partial charge on any atom is 0.320 e. The Balaban J connectivity index is 2.59. The molecule has 2 unspecified atom stereocenters. The first-order chi connectivity index (χ1) is 11.3. The Morgan fingerprint density at radius 2 is 1.62 bits per heavy atom. The Morgan fingerprint density at radius 3 is 2.12 bits per heavy atom. The SMILES string of the molecule is CCCC(C(=O)OCc1ccc(CC(C)O)cc1)C(=O)OC(C)C. The zero-order chi connectivity index (χ0) is 18.1. The average Bonchev–Trinajstić information content (AvgIpc) is 2.50. The van der Waals surface area contributed by atoms with Gasteiger partial charge in [0.15, 0.2) is 5.92 Å². The van der Waals surface area contributed by atoms with E-state index in [1.165, 1.54) is 0 Å². The van der Waals surface area contributed by atoms with E-state index < -0.39 is 24.0 Å². The van der Waals surface area contributed by atoms with Crippen LogP contribution in [0.15, 0.2) is 24.3 Å². The fraction of sp³-hybridized carbons (Fsp3) is 0.579. The molecule has 134 valence electrons. The van der Waals surface area contributed by atoms with Crippen LogP contribution in [0.2, 0.25) is 0 Å². The molecular weight excluding hydrogens is 308 g/mol. The van der Waals surface area contributed by atoms with E-state index in [2.05, 4.69) is 0 Å². The molecular formula is C19H28O5. The van der Waals surface area contributed by atoms with Crippen molar-refractivity contribution < 1.29 is 24.2 Å². The van der Waals surface area contributed by atoms with Crippen LogP contribution in [0.25, 0.3) is 0 Å². The van der Waals surface area contributed by atoms with Crippen LogP contribution in [0.3, 0.4) is 0 Å². The van der Waals surface area contributed by atoms with Gasteiger partial charge in [0.25, 0.3) is 0 Å². The summed E-state index contributed by atoms with van der Waals surface area (Å²) in [5.41, 5.74) is 1.86. The third-order valence-electron chi connectivity index (χ3n) is 3.43. The fourth-order valence-electron chi connectivity index (χ4n) is 2.30. The summed E-state index contributed by atoms with van der Waals surface area (Å²) in [6.45, 7) is 7.26. The predicted octanol–water partition coefficient (Wildman–Crippen LogP) is 3.02. The number of aliphatic hydroxyl groups is 1. The molecule has 5 heteroatoms. The quantitative estimate of drug-likeness (QED) is 0.554. The molecule has 0 spiro atoms. The van der Waals surface area contributed by atoms with Crippen LogP contribution in [0.1, 0.15) is 51.7 Å². The number of aliphatic hydroxyl groups excluding tert-OH is 1. The Bertz CT molecular complexity index is 519. The second-order valence-electron chi connectivity index (χ2n) is 6.30. The normalized spacial score (nSPS) is 13.4. The molecule has 1 rings (SSSR count). The second-order valence-corrected chi connectivity index (χ2v) is 6.30. The highest BCUT2D eigenvalue weighted by atomic mass is 16.6. The van der Waals surface area contributed by atoms with Crippen LogP contribution in [0, 0.1) is 5.92 Å². The molecule has 0 aliphatic rings. The number of esters is 2. The predicted molar refractivity (Wildman–Crippen MR) is 91.2 cm³/mol. The summed E-state index contributed by atoms with van der Waals surface area (Å²) in [6, 6.07) is 7.50. The zero-order valence-electron chi connectivity index (χ0n) is 15.0. The van der Waals surface area contributed by atoms with Gasteiger partial charge >= 0.3 is 11.9 Å². The molecule has 0 heterocycles. The van der Waals surface area contributed by atoms with Crippen molar-refractivity contribution in [3.8, 4) is 0 Å². The van der Waals surface area contributed by atoms with E-state index in [9.17, 15) is 14.7 Å². The van der Waals surface area contributed by atoms with Gasteiger partial charge in [-0.05, 0) is 44.7 Å². The van der Waals surface area contributed by atoms with Gasteiger partial charge in [0.1, 0.15) is 6.61 Å². The minimum atomic E-state index is -0.869. The van der Waals surface area contributed by atoms with Gasteiger partial charge in [-0.3, -0.25) is 9.59 Å². The van der Waals surface area contributed by atoms with Crippen LogP contribution in [-0.2, 0) is 32.1 Å².